The van der Waals surface area contributed by atoms with Gasteiger partial charge in [0.15, 0.2) is 0 Å². The molecule has 0 aliphatic carbocycles. The van der Waals surface area contributed by atoms with Crippen molar-refractivity contribution in [2.75, 3.05) is 0 Å². The van der Waals surface area contributed by atoms with Gasteiger partial charge in [0, 0.05) is 0 Å². The van der Waals surface area contributed by atoms with Gasteiger partial charge >= 0.3 is 0 Å². The molecule has 0 nitrogen and oxygen atoms in total. The molecular weight excluding hydrogens is 211 g/mol. The molecule has 0 N–H and O–H groups in total. The molecule has 0 saturated heterocycles. The Hall–Kier alpha value is -1.37. The maximum atomic E-state index is 13.0. The first-order chi connectivity index (χ1) is 8.29. The average Bonchev–Trinajstić information content (AvgIpc) is 2.35. The van der Waals surface area contributed by atoms with Gasteiger partial charge in [0.1, 0.15) is 5.82 Å². The minimum Gasteiger partial charge on any atom is -0.207 e. The molecule has 2 aromatic rings. The molecule has 0 amide bonds. The largest absolute Gasteiger partial charge is 0.207 e. The molecule has 0 unspecified atom stereocenters. The van der Waals surface area contributed by atoms with Crippen molar-refractivity contribution in [3.05, 3.63) is 47.8 Å². The third-order valence-electron chi connectivity index (χ3n) is 3.19. The molecular formula is C16H19F. The van der Waals surface area contributed by atoms with E-state index in [1.807, 2.05) is 12.1 Å². The normalized spacial score (nSPS) is 10.9. The van der Waals surface area contributed by atoms with Crippen LogP contribution in [0.2, 0.25) is 0 Å². The summed E-state index contributed by atoms with van der Waals surface area (Å²) in [7, 11) is 0. The number of unbranched alkanes of at least 4 members (excludes halogenated alkanes) is 3. The third-order valence-corrected chi connectivity index (χ3v) is 3.19. The van der Waals surface area contributed by atoms with Crippen LogP contribution in [0.4, 0.5) is 4.39 Å². The third kappa shape index (κ3) is 3.29. The Kier molecular flexibility index (Phi) is 4.13. The second kappa shape index (κ2) is 5.81. The Morgan fingerprint density at radius 1 is 0.882 bits per heavy atom. The van der Waals surface area contributed by atoms with Crippen LogP contribution in [0.5, 0.6) is 0 Å². The Morgan fingerprint density at radius 2 is 1.65 bits per heavy atom. The quantitative estimate of drug-likeness (QED) is 0.627. The van der Waals surface area contributed by atoms with E-state index >= 15 is 0 Å². The van der Waals surface area contributed by atoms with Gasteiger partial charge in [0.05, 0.1) is 0 Å². The van der Waals surface area contributed by atoms with Crippen LogP contribution in [-0.2, 0) is 6.42 Å². The molecule has 0 atom stereocenters. The van der Waals surface area contributed by atoms with Gasteiger partial charge in [-0.2, -0.15) is 0 Å². The lowest BCUT2D eigenvalue weighted by Gasteiger charge is -2.04. The van der Waals surface area contributed by atoms with Crippen LogP contribution in [0.1, 0.15) is 38.2 Å². The lowest BCUT2D eigenvalue weighted by molar-refractivity contribution is 0.629. The summed E-state index contributed by atoms with van der Waals surface area (Å²) < 4.78 is 13.0. The minimum absolute atomic E-state index is 0.159. The van der Waals surface area contributed by atoms with Gasteiger partial charge in [-0.05, 0) is 41.3 Å². The van der Waals surface area contributed by atoms with E-state index in [2.05, 4.69) is 19.1 Å². The highest BCUT2D eigenvalue weighted by Crippen LogP contribution is 2.18. The highest BCUT2D eigenvalue weighted by Gasteiger charge is 1.98. The van der Waals surface area contributed by atoms with Crippen LogP contribution in [0.25, 0.3) is 10.8 Å². The van der Waals surface area contributed by atoms with E-state index in [0.29, 0.717) is 0 Å². The monoisotopic (exact) mass is 230 g/mol. The number of rotatable bonds is 5. The summed E-state index contributed by atoms with van der Waals surface area (Å²) in [5.41, 5.74) is 1.36. The number of hydrogen-bond donors (Lipinski definition) is 0. The summed E-state index contributed by atoms with van der Waals surface area (Å²) in [6.07, 6.45) is 6.28. The summed E-state index contributed by atoms with van der Waals surface area (Å²) in [6, 6.07) is 11.3. The average molecular weight is 230 g/mol. The fraction of sp³-hybridized carbons (Fsp3) is 0.375. The maximum absolute atomic E-state index is 13.0. The second-order valence-corrected chi connectivity index (χ2v) is 4.64. The first-order valence-corrected chi connectivity index (χ1v) is 6.48. The fourth-order valence-corrected chi connectivity index (χ4v) is 2.18. The topological polar surface area (TPSA) is 0 Å². The zero-order valence-corrected chi connectivity index (χ0v) is 10.4. The smallest absolute Gasteiger partial charge is 0.123 e. The molecule has 1 heteroatoms. The highest BCUT2D eigenvalue weighted by atomic mass is 19.1. The molecule has 0 heterocycles. The predicted octanol–water partition coefficient (Wildman–Crippen LogP) is 5.10. The summed E-state index contributed by atoms with van der Waals surface area (Å²) >= 11 is 0. The summed E-state index contributed by atoms with van der Waals surface area (Å²) in [6.45, 7) is 2.23. The van der Waals surface area contributed by atoms with E-state index in [9.17, 15) is 4.39 Å². The molecule has 0 spiro atoms. The zero-order chi connectivity index (χ0) is 12.1. The molecule has 0 bridgehead atoms. The van der Waals surface area contributed by atoms with Crippen molar-refractivity contribution in [3.8, 4) is 0 Å². The minimum atomic E-state index is -0.159. The Balaban J connectivity index is 2.07. The molecule has 0 saturated carbocycles. The molecule has 0 fully saturated rings. The van der Waals surface area contributed by atoms with E-state index in [1.54, 1.807) is 6.07 Å². The van der Waals surface area contributed by atoms with Crippen molar-refractivity contribution in [2.45, 2.75) is 39.0 Å². The van der Waals surface area contributed by atoms with Gasteiger partial charge in [-0.15, -0.1) is 0 Å². The van der Waals surface area contributed by atoms with Crippen molar-refractivity contribution in [2.24, 2.45) is 0 Å². The van der Waals surface area contributed by atoms with Crippen molar-refractivity contribution in [1.29, 1.82) is 0 Å². The van der Waals surface area contributed by atoms with Crippen LogP contribution in [0.15, 0.2) is 36.4 Å². The molecule has 17 heavy (non-hydrogen) atoms. The van der Waals surface area contributed by atoms with Crippen LogP contribution in [0.3, 0.4) is 0 Å². The highest BCUT2D eigenvalue weighted by molar-refractivity contribution is 5.83. The molecule has 90 valence electrons. The lowest BCUT2D eigenvalue weighted by atomic mass is 10.0. The molecule has 2 aromatic carbocycles. The van der Waals surface area contributed by atoms with Crippen LogP contribution < -0.4 is 0 Å². The number of hydrogen-bond acceptors (Lipinski definition) is 0. The predicted molar refractivity (Wildman–Crippen MR) is 71.8 cm³/mol. The summed E-state index contributed by atoms with van der Waals surface area (Å²) in [5.74, 6) is -0.159. The zero-order valence-electron chi connectivity index (χ0n) is 10.4. The SMILES string of the molecule is CCCCCCc1ccc2cc(F)ccc2c1. The van der Waals surface area contributed by atoms with Gasteiger partial charge < -0.3 is 0 Å². The standard InChI is InChI=1S/C16H19F/c1-2-3-4-5-6-13-7-8-15-12-16(17)10-9-14(15)11-13/h7-12H,2-6H2,1H3. The first-order valence-electron chi connectivity index (χ1n) is 6.48. The van der Waals surface area contributed by atoms with Crippen molar-refractivity contribution < 1.29 is 4.39 Å². The van der Waals surface area contributed by atoms with Gasteiger partial charge in [0.25, 0.3) is 0 Å². The van der Waals surface area contributed by atoms with E-state index in [-0.39, 0.29) is 5.82 Å². The van der Waals surface area contributed by atoms with E-state index in [0.717, 1.165) is 17.2 Å². The number of benzene rings is 2. The van der Waals surface area contributed by atoms with Crippen molar-refractivity contribution >= 4 is 10.8 Å². The van der Waals surface area contributed by atoms with Crippen LogP contribution in [-0.4, -0.2) is 0 Å². The van der Waals surface area contributed by atoms with Crippen molar-refractivity contribution in [3.63, 3.8) is 0 Å². The maximum Gasteiger partial charge on any atom is 0.123 e. The Morgan fingerprint density at radius 3 is 2.47 bits per heavy atom. The Bertz CT molecular complexity index is 488. The van der Waals surface area contributed by atoms with Gasteiger partial charge in [0.2, 0.25) is 0 Å². The van der Waals surface area contributed by atoms with E-state index in [4.69, 9.17) is 0 Å². The summed E-state index contributed by atoms with van der Waals surface area (Å²) in [4.78, 5) is 0. The second-order valence-electron chi connectivity index (χ2n) is 4.64. The van der Waals surface area contributed by atoms with E-state index < -0.39 is 0 Å². The molecule has 0 aliphatic heterocycles. The van der Waals surface area contributed by atoms with Gasteiger partial charge in [-0.1, -0.05) is 50.5 Å². The number of halogens is 1. The summed E-state index contributed by atoms with van der Waals surface area (Å²) in [5, 5.41) is 2.13. The number of fused-ring (bicyclic) bond motifs is 1. The lowest BCUT2D eigenvalue weighted by Crippen LogP contribution is -1.86. The van der Waals surface area contributed by atoms with Gasteiger partial charge in [-0.3, -0.25) is 0 Å². The molecule has 0 aromatic heterocycles. The number of aryl methyl sites for hydroxylation is 1. The van der Waals surface area contributed by atoms with E-state index in [1.165, 1.54) is 37.3 Å². The fourth-order valence-electron chi connectivity index (χ4n) is 2.18. The van der Waals surface area contributed by atoms with Crippen molar-refractivity contribution in [1.82, 2.24) is 0 Å². The molecule has 2 rings (SSSR count). The molecule has 0 aliphatic rings. The first kappa shape index (κ1) is 12.1. The Labute approximate surface area is 102 Å². The molecule has 0 radical (unpaired) electrons. The van der Waals surface area contributed by atoms with Crippen LogP contribution in [0, 0.1) is 5.82 Å². The van der Waals surface area contributed by atoms with Crippen LogP contribution >= 0.6 is 0 Å². The van der Waals surface area contributed by atoms with Gasteiger partial charge in [-0.25, -0.2) is 4.39 Å².